The smallest absolute Gasteiger partial charge is 0.356 e. The lowest BCUT2D eigenvalue weighted by Crippen LogP contribution is -2.14. The highest BCUT2D eigenvalue weighted by Gasteiger charge is 2.10. The lowest BCUT2D eigenvalue weighted by molar-refractivity contribution is 0.0690. The fourth-order valence-corrected chi connectivity index (χ4v) is 1.85. The van der Waals surface area contributed by atoms with Gasteiger partial charge in [-0.25, -0.2) is 14.3 Å². The van der Waals surface area contributed by atoms with E-state index in [4.69, 9.17) is 5.11 Å². The van der Waals surface area contributed by atoms with Crippen molar-refractivity contribution in [3.63, 3.8) is 0 Å². The molecular weight excluding hydrogens is 260 g/mol. The molecule has 3 rings (SSSR count). The molecule has 7 nitrogen and oxygen atoms in total. The summed E-state index contributed by atoms with van der Waals surface area (Å²) in [5, 5.41) is 12.8. The zero-order valence-corrected chi connectivity index (χ0v) is 10.5. The molecule has 20 heavy (non-hydrogen) atoms. The van der Waals surface area contributed by atoms with Gasteiger partial charge in [0.2, 0.25) is 0 Å². The van der Waals surface area contributed by atoms with Crippen LogP contribution in [-0.2, 0) is 7.05 Å². The van der Waals surface area contributed by atoms with Crippen LogP contribution in [0.15, 0.2) is 41.5 Å². The van der Waals surface area contributed by atoms with Gasteiger partial charge < -0.3 is 9.67 Å². The number of fused-ring (bicyclic) bond motifs is 1. The second-order valence-electron chi connectivity index (χ2n) is 4.31. The highest BCUT2D eigenvalue weighted by atomic mass is 16.4. The number of carboxylic acid groups (broad SMARTS) is 1. The Labute approximate surface area is 112 Å². The Hall–Kier alpha value is -2.96. The molecule has 0 saturated heterocycles. The van der Waals surface area contributed by atoms with E-state index in [1.54, 1.807) is 31.6 Å². The number of carboxylic acids is 1. The number of pyridine rings is 1. The topological polar surface area (TPSA) is 89.5 Å². The Kier molecular flexibility index (Phi) is 2.60. The number of aromatic nitrogens is 4. The minimum absolute atomic E-state index is 0.0707. The van der Waals surface area contributed by atoms with Crippen molar-refractivity contribution in [3.05, 3.63) is 52.7 Å². The molecule has 3 aromatic heterocycles. The van der Waals surface area contributed by atoms with Crippen molar-refractivity contribution in [2.45, 2.75) is 0 Å². The van der Waals surface area contributed by atoms with Crippen LogP contribution in [0.1, 0.15) is 10.5 Å². The number of carbonyl (C=O) groups is 1. The van der Waals surface area contributed by atoms with Crippen LogP contribution < -0.4 is 5.56 Å². The third-order valence-corrected chi connectivity index (χ3v) is 2.94. The molecule has 0 fully saturated rings. The SMILES string of the molecule is Cn1ccc(-c2ccn3nc(C(=O)O)cc3n2)cc1=O. The summed E-state index contributed by atoms with van der Waals surface area (Å²) in [7, 11) is 1.67. The molecule has 0 spiro atoms. The van der Waals surface area contributed by atoms with Crippen molar-refractivity contribution < 1.29 is 9.90 Å². The van der Waals surface area contributed by atoms with E-state index in [1.165, 1.54) is 21.2 Å². The maximum atomic E-state index is 11.6. The zero-order valence-electron chi connectivity index (χ0n) is 10.5. The third kappa shape index (κ3) is 1.95. The fraction of sp³-hybridized carbons (Fsp3) is 0.0769. The average molecular weight is 270 g/mol. The summed E-state index contributed by atoms with van der Waals surface area (Å²) in [6.45, 7) is 0. The minimum atomic E-state index is -1.11. The van der Waals surface area contributed by atoms with E-state index < -0.39 is 5.97 Å². The van der Waals surface area contributed by atoms with Gasteiger partial charge in [-0.2, -0.15) is 5.10 Å². The lowest BCUT2D eigenvalue weighted by Gasteiger charge is -2.02. The van der Waals surface area contributed by atoms with E-state index in [-0.39, 0.29) is 11.3 Å². The van der Waals surface area contributed by atoms with Crippen LogP contribution in [0.5, 0.6) is 0 Å². The summed E-state index contributed by atoms with van der Waals surface area (Å²) in [6.07, 6.45) is 3.27. The second kappa shape index (κ2) is 4.30. The third-order valence-electron chi connectivity index (χ3n) is 2.94. The molecule has 0 aliphatic rings. The summed E-state index contributed by atoms with van der Waals surface area (Å²) in [4.78, 5) is 26.8. The zero-order chi connectivity index (χ0) is 14.3. The molecule has 3 heterocycles. The van der Waals surface area contributed by atoms with Gasteiger partial charge in [0.15, 0.2) is 11.3 Å². The molecule has 0 unspecified atom stereocenters. The fourth-order valence-electron chi connectivity index (χ4n) is 1.85. The maximum Gasteiger partial charge on any atom is 0.356 e. The number of rotatable bonds is 2. The van der Waals surface area contributed by atoms with E-state index in [1.807, 2.05) is 0 Å². The second-order valence-corrected chi connectivity index (χ2v) is 4.31. The molecule has 0 aliphatic heterocycles. The number of hydrogen-bond donors (Lipinski definition) is 1. The molecule has 0 atom stereocenters. The highest BCUT2D eigenvalue weighted by molar-refractivity contribution is 5.86. The predicted molar refractivity (Wildman–Crippen MR) is 70.6 cm³/mol. The standard InChI is InChI=1S/C13H10N4O3/c1-16-4-2-8(6-12(16)18)9-3-5-17-11(14-9)7-10(15-17)13(19)20/h2-7H,1H3,(H,19,20). The van der Waals surface area contributed by atoms with Crippen molar-refractivity contribution >= 4 is 11.6 Å². The van der Waals surface area contributed by atoms with Gasteiger partial charge in [-0.05, 0) is 12.1 Å². The highest BCUT2D eigenvalue weighted by Crippen LogP contribution is 2.16. The van der Waals surface area contributed by atoms with Crippen LogP contribution in [0.25, 0.3) is 16.9 Å². The van der Waals surface area contributed by atoms with Crippen LogP contribution in [-0.4, -0.2) is 30.2 Å². The number of aryl methyl sites for hydroxylation is 1. The molecule has 7 heteroatoms. The molecule has 0 bridgehead atoms. The summed E-state index contributed by atoms with van der Waals surface area (Å²) in [5.74, 6) is -1.11. The molecular formula is C13H10N4O3. The van der Waals surface area contributed by atoms with E-state index in [9.17, 15) is 9.59 Å². The average Bonchev–Trinajstić information content (AvgIpc) is 2.85. The van der Waals surface area contributed by atoms with Gasteiger partial charge in [0.25, 0.3) is 5.56 Å². The van der Waals surface area contributed by atoms with Crippen LogP contribution >= 0.6 is 0 Å². The Morgan fingerprint density at radius 2 is 2.05 bits per heavy atom. The summed E-state index contributed by atoms with van der Waals surface area (Å²) in [6, 6.07) is 6.31. The molecule has 0 saturated carbocycles. The molecule has 0 amide bonds. The van der Waals surface area contributed by atoms with Crippen molar-refractivity contribution in [1.82, 2.24) is 19.2 Å². The monoisotopic (exact) mass is 270 g/mol. The molecule has 1 N–H and O–H groups in total. The number of hydrogen-bond acceptors (Lipinski definition) is 4. The first-order valence-electron chi connectivity index (χ1n) is 5.81. The quantitative estimate of drug-likeness (QED) is 0.743. The molecule has 3 aromatic rings. The molecule has 0 aliphatic carbocycles. The predicted octanol–water partition coefficient (Wildman–Crippen LogP) is 0.793. The normalized spacial score (nSPS) is 10.8. The van der Waals surface area contributed by atoms with Crippen LogP contribution in [0.3, 0.4) is 0 Å². The molecule has 0 aromatic carbocycles. The van der Waals surface area contributed by atoms with Gasteiger partial charge >= 0.3 is 5.97 Å². The number of nitrogens with zero attached hydrogens (tertiary/aromatic N) is 4. The summed E-state index contributed by atoms with van der Waals surface area (Å²) in [5.41, 5.74) is 1.48. The van der Waals surface area contributed by atoms with E-state index >= 15 is 0 Å². The van der Waals surface area contributed by atoms with Gasteiger partial charge in [-0.15, -0.1) is 0 Å². The first-order chi connectivity index (χ1) is 9.54. The largest absolute Gasteiger partial charge is 0.476 e. The van der Waals surface area contributed by atoms with Crippen LogP contribution in [0.2, 0.25) is 0 Å². The van der Waals surface area contributed by atoms with Gasteiger partial charge in [0.1, 0.15) is 0 Å². The van der Waals surface area contributed by atoms with Crippen molar-refractivity contribution in [2.24, 2.45) is 7.05 Å². The van der Waals surface area contributed by atoms with Crippen LogP contribution in [0.4, 0.5) is 0 Å². The van der Waals surface area contributed by atoms with Gasteiger partial charge in [-0.1, -0.05) is 0 Å². The van der Waals surface area contributed by atoms with E-state index in [0.29, 0.717) is 16.9 Å². The first kappa shape index (κ1) is 12.1. The van der Waals surface area contributed by atoms with E-state index in [2.05, 4.69) is 10.1 Å². The van der Waals surface area contributed by atoms with Gasteiger partial charge in [0.05, 0.1) is 5.69 Å². The van der Waals surface area contributed by atoms with Crippen molar-refractivity contribution in [2.75, 3.05) is 0 Å². The molecule has 0 radical (unpaired) electrons. The summed E-state index contributed by atoms with van der Waals surface area (Å²) >= 11 is 0. The minimum Gasteiger partial charge on any atom is -0.476 e. The molecule has 100 valence electrons. The summed E-state index contributed by atoms with van der Waals surface area (Å²) < 4.78 is 2.84. The Morgan fingerprint density at radius 3 is 2.75 bits per heavy atom. The van der Waals surface area contributed by atoms with E-state index in [0.717, 1.165) is 0 Å². The maximum absolute atomic E-state index is 11.6. The Bertz CT molecular complexity index is 879. The Balaban J connectivity index is 2.14. The van der Waals surface area contributed by atoms with Gasteiger partial charge in [-0.3, -0.25) is 4.79 Å². The Morgan fingerprint density at radius 1 is 1.25 bits per heavy atom. The lowest BCUT2D eigenvalue weighted by atomic mass is 10.2. The van der Waals surface area contributed by atoms with Crippen LogP contribution in [0, 0.1) is 0 Å². The van der Waals surface area contributed by atoms with Crippen molar-refractivity contribution in [3.8, 4) is 11.3 Å². The van der Waals surface area contributed by atoms with Gasteiger partial charge in [0, 0.05) is 37.1 Å². The number of aromatic carboxylic acids is 1. The van der Waals surface area contributed by atoms with Crippen molar-refractivity contribution in [1.29, 1.82) is 0 Å². The first-order valence-corrected chi connectivity index (χ1v) is 5.81.